The standard InChI is InChI=1S/C11H10ClNO2S2/c1-13(5-8-2-3-10(12)17-8)7-4-9(11(14)15)16-6-7/h2-4,6H,5H2,1H3,(H,14,15). The van der Waals surface area contributed by atoms with Gasteiger partial charge in [0.2, 0.25) is 0 Å². The molecule has 2 rings (SSSR count). The van der Waals surface area contributed by atoms with E-state index < -0.39 is 5.97 Å². The van der Waals surface area contributed by atoms with Crippen LogP contribution >= 0.6 is 34.3 Å². The fourth-order valence-corrected chi connectivity index (χ4v) is 3.33. The number of halogens is 1. The molecule has 0 atom stereocenters. The summed E-state index contributed by atoms with van der Waals surface area (Å²) in [5, 5.41) is 10.7. The minimum atomic E-state index is -0.881. The van der Waals surface area contributed by atoms with Crippen molar-refractivity contribution in [3.63, 3.8) is 0 Å². The highest BCUT2D eigenvalue weighted by Crippen LogP contribution is 2.27. The Balaban J connectivity index is 2.08. The first-order chi connectivity index (χ1) is 8.06. The molecule has 0 spiro atoms. The zero-order chi connectivity index (χ0) is 12.4. The normalized spacial score (nSPS) is 10.5. The van der Waals surface area contributed by atoms with E-state index in [4.69, 9.17) is 16.7 Å². The summed E-state index contributed by atoms with van der Waals surface area (Å²) in [6, 6.07) is 5.53. The Morgan fingerprint density at radius 1 is 1.53 bits per heavy atom. The minimum absolute atomic E-state index is 0.357. The van der Waals surface area contributed by atoms with Gasteiger partial charge in [-0.05, 0) is 18.2 Å². The third-order valence-corrected chi connectivity index (χ3v) is 4.38. The van der Waals surface area contributed by atoms with Crippen LogP contribution in [0.25, 0.3) is 0 Å². The Hall–Kier alpha value is -1.04. The zero-order valence-corrected chi connectivity index (χ0v) is 11.4. The average molecular weight is 288 g/mol. The van der Waals surface area contributed by atoms with Crippen LogP contribution in [0.5, 0.6) is 0 Å². The van der Waals surface area contributed by atoms with Crippen LogP contribution < -0.4 is 4.90 Å². The van der Waals surface area contributed by atoms with Crippen LogP contribution in [0.15, 0.2) is 23.6 Å². The third kappa shape index (κ3) is 3.00. The van der Waals surface area contributed by atoms with Crippen molar-refractivity contribution in [1.29, 1.82) is 0 Å². The minimum Gasteiger partial charge on any atom is -0.477 e. The molecule has 3 nitrogen and oxygen atoms in total. The number of hydrogen-bond acceptors (Lipinski definition) is 4. The van der Waals surface area contributed by atoms with Gasteiger partial charge in [0.1, 0.15) is 4.88 Å². The first-order valence-corrected chi connectivity index (χ1v) is 6.91. The van der Waals surface area contributed by atoms with Crippen LogP contribution in [0.2, 0.25) is 4.34 Å². The smallest absolute Gasteiger partial charge is 0.345 e. The van der Waals surface area contributed by atoms with Crippen LogP contribution in [-0.4, -0.2) is 18.1 Å². The summed E-state index contributed by atoms with van der Waals surface area (Å²) >= 11 is 8.63. The Kier molecular flexibility index (Phi) is 3.71. The second kappa shape index (κ2) is 5.08. The molecule has 2 aromatic heterocycles. The molecular formula is C11H10ClNO2S2. The Labute approximate surface area is 112 Å². The van der Waals surface area contributed by atoms with E-state index in [0.29, 0.717) is 4.88 Å². The van der Waals surface area contributed by atoms with E-state index in [-0.39, 0.29) is 0 Å². The first kappa shape index (κ1) is 12.4. The lowest BCUT2D eigenvalue weighted by atomic mass is 10.3. The second-order valence-electron chi connectivity index (χ2n) is 3.54. The number of thiophene rings is 2. The molecule has 0 aliphatic rings. The van der Waals surface area contributed by atoms with Gasteiger partial charge >= 0.3 is 5.97 Å². The van der Waals surface area contributed by atoms with Crippen molar-refractivity contribution in [3.05, 3.63) is 37.7 Å². The van der Waals surface area contributed by atoms with E-state index in [2.05, 4.69) is 0 Å². The van der Waals surface area contributed by atoms with E-state index in [1.165, 1.54) is 22.7 Å². The average Bonchev–Trinajstić information content (AvgIpc) is 2.86. The molecule has 0 aromatic carbocycles. The summed E-state index contributed by atoms with van der Waals surface area (Å²) in [4.78, 5) is 14.3. The van der Waals surface area contributed by atoms with Gasteiger partial charge in [0.25, 0.3) is 0 Å². The van der Waals surface area contributed by atoms with Crippen molar-refractivity contribution in [1.82, 2.24) is 0 Å². The number of aromatic carboxylic acids is 1. The molecule has 0 bridgehead atoms. The van der Waals surface area contributed by atoms with Gasteiger partial charge < -0.3 is 10.0 Å². The van der Waals surface area contributed by atoms with Gasteiger partial charge in [-0.1, -0.05) is 11.6 Å². The molecule has 2 heterocycles. The third-order valence-electron chi connectivity index (χ3n) is 2.26. The molecule has 2 aromatic rings. The lowest BCUT2D eigenvalue weighted by molar-refractivity contribution is 0.0702. The number of rotatable bonds is 4. The lowest BCUT2D eigenvalue weighted by Crippen LogP contribution is -2.14. The maximum absolute atomic E-state index is 10.8. The molecule has 0 saturated heterocycles. The number of carbonyl (C=O) groups is 1. The highest BCUT2D eigenvalue weighted by atomic mass is 35.5. The Bertz CT molecular complexity index is 535. The van der Waals surface area contributed by atoms with E-state index in [9.17, 15) is 4.79 Å². The van der Waals surface area contributed by atoms with Crippen molar-refractivity contribution in [2.45, 2.75) is 6.54 Å². The zero-order valence-electron chi connectivity index (χ0n) is 9.01. The second-order valence-corrected chi connectivity index (χ2v) is 6.25. The number of carboxylic acid groups (broad SMARTS) is 1. The largest absolute Gasteiger partial charge is 0.477 e. The molecule has 0 radical (unpaired) electrons. The Morgan fingerprint density at radius 3 is 2.82 bits per heavy atom. The summed E-state index contributed by atoms with van der Waals surface area (Å²) in [6.07, 6.45) is 0. The SMILES string of the molecule is CN(Cc1ccc(Cl)s1)c1csc(C(=O)O)c1. The molecule has 0 saturated carbocycles. The molecule has 0 unspecified atom stereocenters. The molecule has 17 heavy (non-hydrogen) atoms. The van der Waals surface area contributed by atoms with Gasteiger partial charge in [0.05, 0.1) is 10.9 Å². The summed E-state index contributed by atoms with van der Waals surface area (Å²) in [6.45, 7) is 0.729. The van der Waals surface area contributed by atoms with E-state index in [1.54, 1.807) is 6.07 Å². The van der Waals surface area contributed by atoms with Crippen molar-refractivity contribution in [2.75, 3.05) is 11.9 Å². The van der Waals surface area contributed by atoms with Gasteiger partial charge in [-0.25, -0.2) is 4.79 Å². The predicted molar refractivity (Wildman–Crippen MR) is 72.7 cm³/mol. The first-order valence-electron chi connectivity index (χ1n) is 4.83. The molecule has 1 N–H and O–H groups in total. The molecule has 6 heteroatoms. The predicted octanol–water partition coefficient (Wildman–Crippen LogP) is 3.80. The fourth-order valence-electron chi connectivity index (χ4n) is 1.40. The number of nitrogens with zero attached hydrogens (tertiary/aromatic N) is 1. The van der Waals surface area contributed by atoms with Gasteiger partial charge in [0.15, 0.2) is 0 Å². The maximum Gasteiger partial charge on any atom is 0.345 e. The van der Waals surface area contributed by atoms with Gasteiger partial charge in [-0.3, -0.25) is 0 Å². The van der Waals surface area contributed by atoms with Crippen molar-refractivity contribution in [2.24, 2.45) is 0 Å². The highest BCUT2D eigenvalue weighted by molar-refractivity contribution is 7.16. The van der Waals surface area contributed by atoms with Crippen molar-refractivity contribution >= 4 is 45.9 Å². The monoisotopic (exact) mass is 287 g/mol. The Morgan fingerprint density at radius 2 is 2.29 bits per heavy atom. The van der Waals surface area contributed by atoms with Crippen molar-refractivity contribution < 1.29 is 9.90 Å². The fraction of sp³-hybridized carbons (Fsp3) is 0.182. The molecule has 0 aliphatic heterocycles. The number of anilines is 1. The van der Waals surface area contributed by atoms with Gasteiger partial charge in [0, 0.05) is 23.0 Å². The summed E-state index contributed by atoms with van der Waals surface area (Å²) in [5.74, 6) is -0.881. The van der Waals surface area contributed by atoms with Crippen LogP contribution in [0.1, 0.15) is 14.5 Å². The van der Waals surface area contributed by atoms with Crippen LogP contribution in [0.4, 0.5) is 5.69 Å². The van der Waals surface area contributed by atoms with Crippen molar-refractivity contribution in [3.8, 4) is 0 Å². The molecule has 0 aliphatic carbocycles. The van der Waals surface area contributed by atoms with Crippen LogP contribution in [0.3, 0.4) is 0 Å². The lowest BCUT2D eigenvalue weighted by Gasteiger charge is -2.15. The summed E-state index contributed by atoms with van der Waals surface area (Å²) < 4.78 is 0.768. The molecular weight excluding hydrogens is 278 g/mol. The number of hydrogen-bond donors (Lipinski definition) is 1. The van der Waals surface area contributed by atoms with Crippen LogP contribution in [-0.2, 0) is 6.54 Å². The quantitative estimate of drug-likeness (QED) is 0.930. The topological polar surface area (TPSA) is 40.5 Å². The van der Waals surface area contributed by atoms with E-state index >= 15 is 0 Å². The van der Waals surface area contributed by atoms with Gasteiger partial charge in [-0.2, -0.15) is 0 Å². The maximum atomic E-state index is 10.8. The highest BCUT2D eigenvalue weighted by Gasteiger charge is 2.10. The molecule has 0 fully saturated rings. The van der Waals surface area contributed by atoms with Crippen LogP contribution in [0, 0.1) is 0 Å². The summed E-state index contributed by atoms with van der Waals surface area (Å²) in [5.41, 5.74) is 0.914. The van der Waals surface area contributed by atoms with Gasteiger partial charge in [-0.15, -0.1) is 22.7 Å². The summed E-state index contributed by atoms with van der Waals surface area (Å²) in [7, 11) is 1.93. The number of carboxylic acids is 1. The van der Waals surface area contributed by atoms with E-state index in [0.717, 1.165) is 21.4 Å². The molecule has 90 valence electrons. The molecule has 0 amide bonds. The van der Waals surface area contributed by atoms with E-state index in [1.807, 2.05) is 29.5 Å².